The van der Waals surface area contributed by atoms with Crippen molar-refractivity contribution in [2.45, 2.75) is 0 Å². The second-order valence-corrected chi connectivity index (χ2v) is 17.2. The molecule has 13 aromatic rings. The number of para-hydroxylation sites is 3. The van der Waals surface area contributed by atoms with Crippen LogP contribution in [0.25, 0.3) is 123 Å². The fourth-order valence-corrected chi connectivity index (χ4v) is 10.1. The summed E-state index contributed by atoms with van der Waals surface area (Å²) >= 11 is 0. The number of rotatable bonds is 8. The highest BCUT2D eigenvalue weighted by Crippen LogP contribution is 2.44. The highest BCUT2D eigenvalue weighted by atomic mass is 15.2. The molecule has 3 aromatic heterocycles. The fourth-order valence-electron chi connectivity index (χ4n) is 10.1. The maximum Gasteiger partial charge on any atom is 0.238 e. The standard InChI is InChI=1S/C63H41N5/c1-4-19-42(20-5-1)45-25-16-26-46(39-45)47-27-17-28-48(40-47)49-29-18-30-50(41-49)51-31-10-13-34-54(51)67-55-35-14-11-32-52(55)59-57(67)37-38-58-60(59)53-33-12-15-36-56(53)68(58)63-65-61(43-21-6-2-7-22-43)64-62(66-63)44-23-8-3-9-24-44/h1-41H. The summed E-state index contributed by atoms with van der Waals surface area (Å²) in [5.74, 6) is 1.82. The molecule has 0 atom stereocenters. The first-order valence-electron chi connectivity index (χ1n) is 23.0. The van der Waals surface area contributed by atoms with Crippen LogP contribution in [0.1, 0.15) is 0 Å². The lowest BCUT2D eigenvalue weighted by molar-refractivity contribution is 0.953. The van der Waals surface area contributed by atoms with Gasteiger partial charge >= 0.3 is 0 Å². The van der Waals surface area contributed by atoms with Crippen LogP contribution in [0.3, 0.4) is 0 Å². The van der Waals surface area contributed by atoms with Gasteiger partial charge in [-0.2, -0.15) is 9.97 Å². The molecule has 5 heteroatoms. The van der Waals surface area contributed by atoms with E-state index in [1.54, 1.807) is 0 Å². The van der Waals surface area contributed by atoms with E-state index in [-0.39, 0.29) is 0 Å². The Kier molecular flexibility index (Phi) is 9.43. The second kappa shape index (κ2) is 16.4. The van der Waals surface area contributed by atoms with Crippen molar-refractivity contribution in [1.29, 1.82) is 0 Å². The molecule has 0 aliphatic heterocycles. The SMILES string of the molecule is c1ccc(-c2cccc(-c3cccc(-c4cccc(-c5ccccc5-n5c6ccccc6c6c7c8ccccc8n(-c8nc(-c9ccccc9)nc(-c9ccccc9)n8)c7ccc65)c4)c3)c2)cc1. The molecule has 0 aliphatic rings. The average Bonchev–Trinajstić information content (AvgIpc) is 3.94. The van der Waals surface area contributed by atoms with Gasteiger partial charge < -0.3 is 4.57 Å². The van der Waals surface area contributed by atoms with Gasteiger partial charge in [-0.15, -0.1) is 0 Å². The zero-order valence-corrected chi connectivity index (χ0v) is 36.9. The quantitative estimate of drug-likeness (QED) is 0.153. The molecule has 0 radical (unpaired) electrons. The highest BCUT2D eigenvalue weighted by Gasteiger charge is 2.23. The lowest BCUT2D eigenvalue weighted by Crippen LogP contribution is -2.06. The van der Waals surface area contributed by atoms with E-state index in [0.29, 0.717) is 17.6 Å². The molecule has 0 N–H and O–H groups in total. The normalized spacial score (nSPS) is 11.5. The van der Waals surface area contributed by atoms with E-state index in [1.807, 2.05) is 36.4 Å². The Morgan fingerprint density at radius 2 is 0.632 bits per heavy atom. The zero-order valence-electron chi connectivity index (χ0n) is 36.9. The summed E-state index contributed by atoms with van der Waals surface area (Å²) in [5.41, 5.74) is 16.7. The molecule has 68 heavy (non-hydrogen) atoms. The minimum atomic E-state index is 0.573. The van der Waals surface area contributed by atoms with Crippen LogP contribution in [-0.2, 0) is 0 Å². The number of fused-ring (bicyclic) bond motifs is 7. The molecule has 0 saturated heterocycles. The third kappa shape index (κ3) is 6.68. The van der Waals surface area contributed by atoms with Crippen LogP contribution >= 0.6 is 0 Å². The zero-order chi connectivity index (χ0) is 45.0. The van der Waals surface area contributed by atoms with Crippen molar-refractivity contribution in [3.63, 3.8) is 0 Å². The van der Waals surface area contributed by atoms with Gasteiger partial charge in [0.25, 0.3) is 0 Å². The Morgan fingerprint density at radius 1 is 0.250 bits per heavy atom. The monoisotopic (exact) mass is 867 g/mol. The van der Waals surface area contributed by atoms with Gasteiger partial charge in [-0.3, -0.25) is 4.57 Å². The van der Waals surface area contributed by atoms with E-state index >= 15 is 0 Å². The van der Waals surface area contributed by atoms with E-state index in [1.165, 1.54) is 44.2 Å². The summed E-state index contributed by atoms with van der Waals surface area (Å²) in [6, 6.07) is 88.3. The fraction of sp³-hybridized carbons (Fsp3) is 0. The number of aromatic nitrogens is 5. The van der Waals surface area contributed by atoms with E-state index < -0.39 is 0 Å². The Morgan fingerprint density at radius 3 is 1.18 bits per heavy atom. The van der Waals surface area contributed by atoms with Gasteiger partial charge in [0, 0.05) is 38.2 Å². The van der Waals surface area contributed by atoms with Crippen LogP contribution in [0.15, 0.2) is 249 Å². The van der Waals surface area contributed by atoms with E-state index in [9.17, 15) is 0 Å². The van der Waals surface area contributed by atoms with Crippen LogP contribution in [0.2, 0.25) is 0 Å². The Bertz CT molecular complexity index is 3960. The molecular formula is C63H41N5. The molecule has 0 aliphatic carbocycles. The van der Waals surface area contributed by atoms with Crippen molar-refractivity contribution in [2.24, 2.45) is 0 Å². The second-order valence-electron chi connectivity index (χ2n) is 17.2. The van der Waals surface area contributed by atoms with E-state index in [2.05, 4.69) is 221 Å². The average molecular weight is 868 g/mol. The first-order valence-corrected chi connectivity index (χ1v) is 23.0. The van der Waals surface area contributed by atoms with Crippen molar-refractivity contribution in [3.8, 4) is 78.9 Å². The lowest BCUT2D eigenvalue weighted by Gasteiger charge is -2.15. The minimum absolute atomic E-state index is 0.573. The predicted octanol–water partition coefficient (Wildman–Crippen LogP) is 16.1. The first kappa shape index (κ1) is 39.2. The molecule has 0 saturated carbocycles. The summed E-state index contributed by atoms with van der Waals surface area (Å²) in [6.45, 7) is 0. The Labute approximate surface area is 393 Å². The third-order valence-electron chi connectivity index (χ3n) is 13.2. The van der Waals surface area contributed by atoms with Gasteiger partial charge in [-0.05, 0) is 87.5 Å². The molecule has 0 amide bonds. The molecule has 0 unspecified atom stereocenters. The first-order chi connectivity index (χ1) is 33.7. The maximum atomic E-state index is 5.21. The topological polar surface area (TPSA) is 48.5 Å². The third-order valence-corrected chi connectivity index (χ3v) is 13.2. The lowest BCUT2D eigenvalue weighted by atomic mass is 9.94. The summed E-state index contributed by atoms with van der Waals surface area (Å²) < 4.78 is 4.66. The molecule has 0 bridgehead atoms. The van der Waals surface area contributed by atoms with Crippen LogP contribution in [0.5, 0.6) is 0 Å². The van der Waals surface area contributed by atoms with E-state index in [4.69, 9.17) is 15.0 Å². The largest absolute Gasteiger partial charge is 0.309 e. The smallest absolute Gasteiger partial charge is 0.238 e. The minimum Gasteiger partial charge on any atom is -0.309 e. The summed E-state index contributed by atoms with van der Waals surface area (Å²) in [4.78, 5) is 15.4. The Balaban J connectivity index is 0.971. The highest BCUT2D eigenvalue weighted by molar-refractivity contribution is 6.29. The van der Waals surface area contributed by atoms with E-state index in [0.717, 1.165) is 60.8 Å². The summed E-state index contributed by atoms with van der Waals surface area (Å²) in [7, 11) is 0. The maximum absolute atomic E-state index is 5.21. The van der Waals surface area contributed by atoms with Crippen LogP contribution in [-0.4, -0.2) is 24.1 Å². The van der Waals surface area contributed by atoms with Crippen LogP contribution < -0.4 is 0 Å². The van der Waals surface area contributed by atoms with Crippen molar-refractivity contribution in [1.82, 2.24) is 24.1 Å². The number of hydrogen-bond acceptors (Lipinski definition) is 3. The van der Waals surface area contributed by atoms with Crippen LogP contribution in [0, 0.1) is 0 Å². The molecule has 5 nitrogen and oxygen atoms in total. The van der Waals surface area contributed by atoms with Crippen molar-refractivity contribution in [3.05, 3.63) is 249 Å². The Hall–Kier alpha value is -9.19. The van der Waals surface area contributed by atoms with Crippen molar-refractivity contribution < 1.29 is 0 Å². The molecule has 0 spiro atoms. The van der Waals surface area contributed by atoms with Gasteiger partial charge in [0.05, 0.1) is 27.8 Å². The molecule has 10 aromatic carbocycles. The number of hydrogen-bond donors (Lipinski definition) is 0. The summed E-state index contributed by atoms with van der Waals surface area (Å²) in [6.07, 6.45) is 0. The van der Waals surface area contributed by atoms with Gasteiger partial charge in [-0.1, -0.05) is 200 Å². The van der Waals surface area contributed by atoms with Crippen molar-refractivity contribution in [2.75, 3.05) is 0 Å². The van der Waals surface area contributed by atoms with Crippen LogP contribution in [0.4, 0.5) is 0 Å². The predicted molar refractivity (Wildman–Crippen MR) is 281 cm³/mol. The van der Waals surface area contributed by atoms with Gasteiger partial charge in [0.2, 0.25) is 5.95 Å². The van der Waals surface area contributed by atoms with Gasteiger partial charge in [0.1, 0.15) is 0 Å². The number of benzene rings is 10. The summed E-state index contributed by atoms with van der Waals surface area (Å²) in [5, 5.41) is 4.65. The molecule has 3 heterocycles. The van der Waals surface area contributed by atoms with Gasteiger partial charge in [-0.25, -0.2) is 4.98 Å². The molecule has 0 fully saturated rings. The molecular weight excluding hydrogens is 827 g/mol. The van der Waals surface area contributed by atoms with Gasteiger partial charge in [0.15, 0.2) is 11.6 Å². The van der Waals surface area contributed by atoms with Crippen molar-refractivity contribution >= 4 is 43.6 Å². The molecule has 318 valence electrons. The number of nitrogens with zero attached hydrogens (tertiary/aromatic N) is 5. The molecule has 13 rings (SSSR count).